The molecule has 2 aromatic rings. The summed E-state index contributed by atoms with van der Waals surface area (Å²) < 4.78 is 29.0. The van der Waals surface area contributed by atoms with Crippen LogP contribution in [0.25, 0.3) is 10.8 Å². The minimum Gasteiger partial charge on any atom is -0.412 e. The van der Waals surface area contributed by atoms with Gasteiger partial charge in [0.2, 0.25) is 0 Å². The molecule has 0 unspecified atom stereocenters. The fourth-order valence-electron chi connectivity index (χ4n) is 2.85. The van der Waals surface area contributed by atoms with Gasteiger partial charge in [-0.15, -0.1) is 0 Å². The molecule has 6 heteroatoms. The molecule has 1 fully saturated rings. The monoisotopic (exact) mass is 328 g/mol. The van der Waals surface area contributed by atoms with Crippen molar-refractivity contribution in [1.29, 1.82) is 0 Å². The molecule has 1 aliphatic rings. The van der Waals surface area contributed by atoms with Crippen LogP contribution in [0.5, 0.6) is 0 Å². The van der Waals surface area contributed by atoms with Crippen molar-refractivity contribution in [1.82, 2.24) is 0 Å². The van der Waals surface area contributed by atoms with Crippen LogP contribution in [0, 0.1) is 0 Å². The minimum absolute atomic E-state index is 0. The summed E-state index contributed by atoms with van der Waals surface area (Å²) in [6.45, 7) is 0. The van der Waals surface area contributed by atoms with Gasteiger partial charge in [-0.3, -0.25) is 0 Å². The molecule has 0 amide bonds. The normalized spacial score (nSPS) is 19.1. The van der Waals surface area contributed by atoms with Crippen molar-refractivity contribution in [2.75, 3.05) is 17.8 Å². The molecule has 0 spiro atoms. The molecule has 0 bridgehead atoms. The van der Waals surface area contributed by atoms with E-state index < -0.39 is 20.4 Å². The molecule has 0 aliphatic carbocycles. The van der Waals surface area contributed by atoms with Gasteiger partial charge in [0, 0.05) is 16.4 Å². The van der Waals surface area contributed by atoms with Gasteiger partial charge in [0.1, 0.15) is 0 Å². The molecule has 3 rings (SSSR count). The molecular weight excluding hydrogens is 308 g/mol. The maximum Gasteiger partial charge on any atom is 0.273 e. The van der Waals surface area contributed by atoms with Gasteiger partial charge in [-0.25, -0.2) is 3.63 Å². The number of fused-ring (bicyclic) bond motifs is 1. The van der Waals surface area contributed by atoms with E-state index in [0.29, 0.717) is 0 Å². The SMILES string of the molecule is CS(=O)(=O)OS1(c2cccc3ccccc23)CCCC1.O. The predicted octanol–water partition coefficient (Wildman–Crippen LogP) is 2.86. The second kappa shape index (κ2) is 5.96. The second-order valence-electron chi connectivity index (χ2n) is 5.18. The van der Waals surface area contributed by atoms with Crippen LogP contribution in [0.2, 0.25) is 0 Å². The van der Waals surface area contributed by atoms with Gasteiger partial charge in [-0.05, 0) is 29.7 Å². The van der Waals surface area contributed by atoms with Crippen LogP contribution < -0.4 is 0 Å². The first-order valence-electron chi connectivity index (χ1n) is 6.68. The zero-order valence-electron chi connectivity index (χ0n) is 11.9. The van der Waals surface area contributed by atoms with Gasteiger partial charge in [0.15, 0.2) is 0 Å². The van der Waals surface area contributed by atoms with Gasteiger partial charge in [0.25, 0.3) is 10.1 Å². The molecule has 0 radical (unpaired) electrons. The molecule has 0 saturated carbocycles. The summed E-state index contributed by atoms with van der Waals surface area (Å²) in [6.07, 6.45) is 3.23. The standard InChI is InChI=1S/C15H18O3S2.H2O/c1-19(16,17)18-20(11-4-5-12-20)15-10-6-8-13-7-2-3-9-14(13)15;/h2-3,6-10H,4-5,11-12H2,1H3;1H2. The molecule has 1 heterocycles. The summed E-state index contributed by atoms with van der Waals surface area (Å²) >= 11 is 0. The highest BCUT2D eigenvalue weighted by molar-refractivity contribution is 8.33. The first kappa shape index (κ1) is 16.3. The Hall–Kier alpha value is -1.08. The molecule has 21 heavy (non-hydrogen) atoms. The summed E-state index contributed by atoms with van der Waals surface area (Å²) in [5.41, 5.74) is 0. The average molecular weight is 328 g/mol. The molecule has 2 aromatic carbocycles. The van der Waals surface area contributed by atoms with Crippen LogP contribution in [-0.2, 0) is 13.7 Å². The Morgan fingerprint density at radius 3 is 2.29 bits per heavy atom. The van der Waals surface area contributed by atoms with Gasteiger partial charge >= 0.3 is 0 Å². The summed E-state index contributed by atoms with van der Waals surface area (Å²) in [5, 5.41) is 2.26. The van der Waals surface area contributed by atoms with Crippen LogP contribution in [-0.4, -0.2) is 31.7 Å². The van der Waals surface area contributed by atoms with Crippen molar-refractivity contribution in [3.05, 3.63) is 42.5 Å². The first-order chi connectivity index (χ1) is 9.50. The quantitative estimate of drug-likeness (QED) is 0.869. The number of rotatable bonds is 3. The Kier molecular flexibility index (Phi) is 4.63. The van der Waals surface area contributed by atoms with E-state index in [4.69, 9.17) is 3.63 Å². The topological polar surface area (TPSA) is 74.9 Å². The van der Waals surface area contributed by atoms with E-state index in [1.807, 2.05) is 24.3 Å². The predicted molar refractivity (Wildman–Crippen MR) is 88.3 cm³/mol. The molecular formula is C15H20O4S2. The number of hydrogen-bond donors (Lipinski definition) is 0. The van der Waals surface area contributed by atoms with Crippen LogP contribution in [0.4, 0.5) is 0 Å². The molecule has 0 atom stereocenters. The van der Waals surface area contributed by atoms with Gasteiger partial charge in [-0.1, -0.05) is 46.7 Å². The van der Waals surface area contributed by atoms with Crippen molar-refractivity contribution in [2.24, 2.45) is 0 Å². The van der Waals surface area contributed by atoms with Crippen molar-refractivity contribution < 1.29 is 17.5 Å². The minimum atomic E-state index is -3.45. The van der Waals surface area contributed by atoms with E-state index in [9.17, 15) is 8.42 Å². The van der Waals surface area contributed by atoms with Crippen LogP contribution in [0.1, 0.15) is 12.8 Å². The van der Waals surface area contributed by atoms with E-state index in [0.717, 1.165) is 46.3 Å². The van der Waals surface area contributed by atoms with E-state index >= 15 is 0 Å². The first-order valence-corrected chi connectivity index (χ1v) is 10.4. The summed E-state index contributed by atoms with van der Waals surface area (Å²) in [4.78, 5) is 1.08. The fraction of sp³-hybridized carbons (Fsp3) is 0.333. The van der Waals surface area contributed by atoms with E-state index in [1.165, 1.54) is 0 Å². The molecule has 116 valence electrons. The lowest BCUT2D eigenvalue weighted by molar-refractivity contribution is 0.517. The summed E-state index contributed by atoms with van der Waals surface area (Å²) in [5.74, 6) is 1.68. The fourth-order valence-corrected chi connectivity index (χ4v) is 8.48. The van der Waals surface area contributed by atoms with E-state index in [1.54, 1.807) is 0 Å². The van der Waals surface area contributed by atoms with E-state index in [2.05, 4.69) is 18.2 Å². The average Bonchev–Trinajstić information content (AvgIpc) is 2.85. The smallest absolute Gasteiger partial charge is 0.273 e. The van der Waals surface area contributed by atoms with E-state index in [-0.39, 0.29) is 5.48 Å². The lowest BCUT2D eigenvalue weighted by Crippen LogP contribution is -2.13. The number of hydrogen-bond acceptors (Lipinski definition) is 3. The Bertz CT molecular complexity index is 729. The van der Waals surface area contributed by atoms with Gasteiger partial charge in [-0.2, -0.15) is 8.42 Å². The van der Waals surface area contributed by atoms with Gasteiger partial charge in [0.05, 0.1) is 6.26 Å². The van der Waals surface area contributed by atoms with Crippen molar-refractivity contribution in [3.8, 4) is 0 Å². The van der Waals surface area contributed by atoms with Crippen LogP contribution in [0.15, 0.2) is 47.4 Å². The Morgan fingerprint density at radius 2 is 1.62 bits per heavy atom. The highest BCUT2D eigenvalue weighted by Crippen LogP contribution is 2.63. The Labute approximate surface area is 127 Å². The Balaban J connectivity index is 0.00000161. The maximum atomic E-state index is 11.7. The van der Waals surface area contributed by atoms with Crippen molar-refractivity contribution in [2.45, 2.75) is 17.7 Å². The highest BCUT2D eigenvalue weighted by Gasteiger charge is 2.36. The molecule has 4 nitrogen and oxygen atoms in total. The summed E-state index contributed by atoms with van der Waals surface area (Å²) in [6, 6.07) is 14.2. The Morgan fingerprint density at radius 1 is 1.00 bits per heavy atom. The second-order valence-corrected chi connectivity index (χ2v) is 10.0. The zero-order valence-corrected chi connectivity index (χ0v) is 13.5. The van der Waals surface area contributed by atoms with Crippen molar-refractivity contribution >= 4 is 31.2 Å². The highest BCUT2D eigenvalue weighted by atomic mass is 32.3. The summed E-state index contributed by atoms with van der Waals surface area (Å²) in [7, 11) is -5.16. The lowest BCUT2D eigenvalue weighted by Gasteiger charge is -2.34. The molecule has 2 N–H and O–H groups in total. The third kappa shape index (κ3) is 3.23. The lowest BCUT2D eigenvalue weighted by atomic mass is 10.1. The van der Waals surface area contributed by atoms with Crippen LogP contribution in [0.3, 0.4) is 0 Å². The zero-order chi connectivity index (χ0) is 14.2. The van der Waals surface area contributed by atoms with Crippen LogP contribution >= 0.6 is 10.3 Å². The molecule has 1 aliphatic heterocycles. The number of benzene rings is 2. The molecule has 1 saturated heterocycles. The maximum absolute atomic E-state index is 11.7. The third-order valence-corrected chi connectivity index (χ3v) is 8.69. The molecule has 0 aromatic heterocycles. The van der Waals surface area contributed by atoms with Crippen molar-refractivity contribution in [3.63, 3.8) is 0 Å². The van der Waals surface area contributed by atoms with Gasteiger partial charge < -0.3 is 5.48 Å². The largest absolute Gasteiger partial charge is 0.412 e. The third-order valence-electron chi connectivity index (χ3n) is 3.60.